The number of aromatic nitrogens is 1. The summed E-state index contributed by atoms with van der Waals surface area (Å²) in [6, 6.07) is 14.8. The van der Waals surface area contributed by atoms with Crippen molar-refractivity contribution in [2.45, 2.75) is 52.2 Å². The summed E-state index contributed by atoms with van der Waals surface area (Å²) in [6.45, 7) is 8.84. The van der Waals surface area contributed by atoms with Gasteiger partial charge in [0.05, 0.1) is 6.10 Å². The third-order valence-electron chi connectivity index (χ3n) is 6.14. The number of nitrogens with zero attached hydrogens (tertiary/aromatic N) is 1. The smallest absolute Gasteiger partial charge is 0.251 e. The number of aromatic hydroxyl groups is 1. The number of anilines is 1. The van der Waals surface area contributed by atoms with Crippen molar-refractivity contribution < 1.29 is 15.0 Å². The fourth-order valence-corrected chi connectivity index (χ4v) is 4.04. The molecule has 35 heavy (non-hydrogen) atoms. The van der Waals surface area contributed by atoms with Crippen LogP contribution in [0.1, 0.15) is 58.1 Å². The number of carbonyl (C=O) groups excluding carboxylic acids is 1. The molecule has 1 atom stereocenters. The van der Waals surface area contributed by atoms with Gasteiger partial charge in [0.15, 0.2) is 0 Å². The average Bonchev–Trinajstić information content (AvgIpc) is 2.81. The fourth-order valence-electron chi connectivity index (χ4n) is 4.04. The SMILES string of the molecule is Cc1cc(CCNC(=O)c2cccc(CC(C)(C)NC[C@@H](O)c3ccc(N)nc3)c2)c(C)cc1O. The zero-order valence-corrected chi connectivity index (χ0v) is 20.9. The molecule has 0 spiro atoms. The number of nitrogens with one attached hydrogen (secondary N) is 2. The lowest BCUT2D eigenvalue weighted by Gasteiger charge is -2.28. The highest BCUT2D eigenvalue weighted by atomic mass is 16.3. The van der Waals surface area contributed by atoms with Crippen LogP contribution in [0, 0.1) is 13.8 Å². The van der Waals surface area contributed by atoms with Crippen LogP contribution < -0.4 is 16.4 Å². The van der Waals surface area contributed by atoms with E-state index in [1.54, 1.807) is 24.4 Å². The van der Waals surface area contributed by atoms with Crippen molar-refractivity contribution in [2.75, 3.05) is 18.8 Å². The van der Waals surface area contributed by atoms with Crippen LogP contribution in [-0.2, 0) is 12.8 Å². The Labute approximate surface area is 207 Å². The topological polar surface area (TPSA) is 120 Å². The maximum absolute atomic E-state index is 12.7. The molecule has 0 aliphatic heterocycles. The average molecular weight is 477 g/mol. The Kier molecular flexibility index (Phi) is 8.48. The van der Waals surface area contributed by atoms with Gasteiger partial charge in [-0.1, -0.05) is 24.3 Å². The molecule has 1 amide bonds. The summed E-state index contributed by atoms with van der Waals surface area (Å²) < 4.78 is 0. The van der Waals surface area contributed by atoms with E-state index in [-0.39, 0.29) is 11.4 Å². The lowest BCUT2D eigenvalue weighted by atomic mass is 9.93. The number of benzene rings is 2. The minimum Gasteiger partial charge on any atom is -0.508 e. The van der Waals surface area contributed by atoms with Gasteiger partial charge in [0.1, 0.15) is 11.6 Å². The Morgan fingerprint density at radius 2 is 1.89 bits per heavy atom. The maximum Gasteiger partial charge on any atom is 0.251 e. The lowest BCUT2D eigenvalue weighted by molar-refractivity contribution is 0.0954. The van der Waals surface area contributed by atoms with E-state index in [2.05, 4.69) is 29.5 Å². The second kappa shape index (κ2) is 11.3. The molecule has 2 aromatic carbocycles. The number of pyridine rings is 1. The van der Waals surface area contributed by atoms with E-state index in [0.717, 1.165) is 22.3 Å². The molecule has 3 rings (SSSR count). The summed E-state index contributed by atoms with van der Waals surface area (Å²) in [7, 11) is 0. The van der Waals surface area contributed by atoms with Gasteiger partial charge in [-0.05, 0) is 87.1 Å². The molecule has 186 valence electrons. The molecule has 6 N–H and O–H groups in total. The molecular formula is C28H36N4O3. The largest absolute Gasteiger partial charge is 0.508 e. The van der Waals surface area contributed by atoms with Crippen molar-refractivity contribution in [3.05, 3.63) is 88.1 Å². The second-order valence-corrected chi connectivity index (χ2v) is 9.75. The number of nitrogens with two attached hydrogens (primary N) is 1. The van der Waals surface area contributed by atoms with E-state index < -0.39 is 6.10 Å². The number of hydrogen-bond donors (Lipinski definition) is 5. The molecule has 1 heterocycles. The first-order valence-corrected chi connectivity index (χ1v) is 11.8. The number of aryl methyl sites for hydroxylation is 2. The molecule has 0 saturated carbocycles. The summed E-state index contributed by atoms with van der Waals surface area (Å²) in [5, 5.41) is 26.7. The molecular weight excluding hydrogens is 440 g/mol. The highest BCUT2D eigenvalue weighted by Crippen LogP contribution is 2.21. The van der Waals surface area contributed by atoms with Gasteiger partial charge in [-0.2, -0.15) is 0 Å². The number of aliphatic hydroxyl groups is 1. The Hall–Kier alpha value is -3.42. The number of aliphatic hydroxyl groups excluding tert-OH is 1. The third-order valence-corrected chi connectivity index (χ3v) is 6.14. The van der Waals surface area contributed by atoms with E-state index in [0.29, 0.717) is 48.6 Å². The van der Waals surface area contributed by atoms with E-state index in [4.69, 9.17) is 5.73 Å². The van der Waals surface area contributed by atoms with Crippen LogP contribution >= 0.6 is 0 Å². The molecule has 0 fully saturated rings. The second-order valence-electron chi connectivity index (χ2n) is 9.75. The molecule has 7 nitrogen and oxygen atoms in total. The zero-order valence-electron chi connectivity index (χ0n) is 20.9. The van der Waals surface area contributed by atoms with Gasteiger partial charge in [0, 0.05) is 36.0 Å². The summed E-state index contributed by atoms with van der Waals surface area (Å²) in [4.78, 5) is 16.8. The standard InChI is InChI=1S/C28H36N4O3/c1-18-13-24(33)19(2)12-21(18)10-11-30-27(35)22-7-5-6-20(14-22)15-28(3,4)32-17-25(34)23-8-9-26(29)31-16-23/h5-9,12-14,16,25,32-34H,10-11,15,17H2,1-4H3,(H2,29,31)(H,30,35)/t25-/m1/s1. The summed E-state index contributed by atoms with van der Waals surface area (Å²) in [5.41, 5.74) is 10.6. The van der Waals surface area contributed by atoms with Gasteiger partial charge < -0.3 is 26.6 Å². The van der Waals surface area contributed by atoms with Crippen molar-refractivity contribution >= 4 is 11.7 Å². The Balaban J connectivity index is 1.54. The fraction of sp³-hybridized carbons (Fsp3) is 0.357. The van der Waals surface area contributed by atoms with Crippen molar-refractivity contribution in [3.8, 4) is 5.75 Å². The van der Waals surface area contributed by atoms with Crippen LogP contribution in [-0.4, -0.2) is 39.7 Å². The minimum atomic E-state index is -0.694. The van der Waals surface area contributed by atoms with Crippen LogP contribution in [0.4, 0.5) is 5.82 Å². The first-order valence-electron chi connectivity index (χ1n) is 11.8. The molecule has 0 radical (unpaired) electrons. The number of carbonyl (C=O) groups is 1. The molecule has 0 bridgehead atoms. The summed E-state index contributed by atoms with van der Waals surface area (Å²) in [6.07, 6.45) is 2.27. The van der Waals surface area contributed by atoms with Crippen molar-refractivity contribution in [2.24, 2.45) is 0 Å². The molecule has 0 unspecified atom stereocenters. The van der Waals surface area contributed by atoms with E-state index in [1.165, 1.54) is 0 Å². The van der Waals surface area contributed by atoms with Crippen LogP contribution in [0.3, 0.4) is 0 Å². The van der Waals surface area contributed by atoms with Crippen LogP contribution in [0.15, 0.2) is 54.7 Å². The van der Waals surface area contributed by atoms with Gasteiger partial charge >= 0.3 is 0 Å². The maximum atomic E-state index is 12.7. The number of β-amino-alcohol motifs (C(OH)–C–C–N with tert-alkyl or cyclic N) is 1. The first-order chi connectivity index (χ1) is 16.5. The van der Waals surface area contributed by atoms with E-state index in [1.807, 2.05) is 44.2 Å². The third kappa shape index (κ3) is 7.53. The monoisotopic (exact) mass is 476 g/mol. The van der Waals surface area contributed by atoms with Gasteiger partial charge in [-0.15, -0.1) is 0 Å². The lowest BCUT2D eigenvalue weighted by Crippen LogP contribution is -2.43. The number of amides is 1. The number of phenolic OH excluding ortho intramolecular Hbond substituents is 1. The number of rotatable bonds is 10. The number of hydrogen-bond acceptors (Lipinski definition) is 6. The summed E-state index contributed by atoms with van der Waals surface area (Å²) >= 11 is 0. The Morgan fingerprint density at radius 1 is 1.11 bits per heavy atom. The summed E-state index contributed by atoms with van der Waals surface area (Å²) in [5.74, 6) is 0.599. The molecule has 0 aliphatic carbocycles. The number of phenols is 1. The molecule has 0 saturated heterocycles. The predicted octanol–water partition coefficient (Wildman–Crippen LogP) is 3.60. The highest BCUT2D eigenvalue weighted by molar-refractivity contribution is 5.94. The van der Waals surface area contributed by atoms with E-state index in [9.17, 15) is 15.0 Å². The van der Waals surface area contributed by atoms with Crippen molar-refractivity contribution in [1.29, 1.82) is 0 Å². The normalized spacial score (nSPS) is 12.4. The Bertz CT molecular complexity index is 1160. The van der Waals surface area contributed by atoms with Crippen molar-refractivity contribution in [1.82, 2.24) is 15.6 Å². The highest BCUT2D eigenvalue weighted by Gasteiger charge is 2.20. The minimum absolute atomic E-state index is 0.114. The van der Waals surface area contributed by atoms with Gasteiger partial charge in [-0.3, -0.25) is 4.79 Å². The van der Waals surface area contributed by atoms with Gasteiger partial charge in [-0.25, -0.2) is 4.98 Å². The van der Waals surface area contributed by atoms with Gasteiger partial charge in [0.25, 0.3) is 5.91 Å². The molecule has 0 aliphatic rings. The number of nitrogen functional groups attached to an aromatic ring is 1. The zero-order chi connectivity index (χ0) is 25.6. The van der Waals surface area contributed by atoms with Crippen LogP contribution in [0.5, 0.6) is 5.75 Å². The Morgan fingerprint density at radius 3 is 2.60 bits per heavy atom. The molecule has 7 heteroatoms. The van der Waals surface area contributed by atoms with Crippen LogP contribution in [0.2, 0.25) is 0 Å². The van der Waals surface area contributed by atoms with Crippen LogP contribution in [0.25, 0.3) is 0 Å². The quantitative estimate of drug-likeness (QED) is 0.305. The molecule has 3 aromatic rings. The van der Waals surface area contributed by atoms with Crippen molar-refractivity contribution in [3.63, 3.8) is 0 Å². The van der Waals surface area contributed by atoms with E-state index >= 15 is 0 Å². The van der Waals surface area contributed by atoms with Gasteiger partial charge in [0.2, 0.25) is 0 Å². The first kappa shape index (κ1) is 26.2. The predicted molar refractivity (Wildman–Crippen MR) is 139 cm³/mol. The molecule has 1 aromatic heterocycles.